The van der Waals surface area contributed by atoms with Crippen LogP contribution in [0, 0.1) is 32.6 Å². The highest BCUT2D eigenvalue weighted by molar-refractivity contribution is 7.98. The summed E-state index contributed by atoms with van der Waals surface area (Å²) >= 11 is 2.98. The number of hydrogen-bond donors (Lipinski definition) is 1. The number of esters is 1. The van der Waals surface area contributed by atoms with Crippen LogP contribution in [0.3, 0.4) is 0 Å². The fraction of sp³-hybridized carbons (Fsp3) is 0.429. The van der Waals surface area contributed by atoms with Gasteiger partial charge < -0.3 is 24.2 Å². The van der Waals surface area contributed by atoms with Crippen LogP contribution >= 0.6 is 23.1 Å². The second kappa shape index (κ2) is 10.6. The summed E-state index contributed by atoms with van der Waals surface area (Å²) in [4.78, 5) is 46.7. The summed E-state index contributed by atoms with van der Waals surface area (Å²) in [6.07, 6.45) is 2.35. The van der Waals surface area contributed by atoms with Crippen molar-refractivity contribution in [2.75, 3.05) is 6.26 Å². The van der Waals surface area contributed by atoms with Crippen LogP contribution in [0.15, 0.2) is 35.4 Å². The third-order valence-electron chi connectivity index (χ3n) is 7.33. The molecule has 1 unspecified atom stereocenters. The standard InChI is InChI=1S/C28H31N3O7S2/c1-12-8-13(2)23(14(3)9-12)38-28(35)37-17(6)36-27(34)22-19(15(4)21-20(16(5)32)25(33)31(21)22)18-10-30-11-29-24(39-7)26(30)40-18/h8-11,15-17,20-21,32H,1-7H3/t15-,16+,17?,20+,21+/m0/s1. The number of thioether (sulfide) groups is 1. The first-order valence-corrected chi connectivity index (χ1v) is 14.9. The van der Waals surface area contributed by atoms with Crippen LogP contribution in [0.2, 0.25) is 0 Å². The highest BCUT2D eigenvalue weighted by Crippen LogP contribution is 2.52. The number of aliphatic hydroxyl groups is 1. The molecule has 1 amide bonds. The normalized spacial score (nSPS) is 21.8. The summed E-state index contributed by atoms with van der Waals surface area (Å²) in [6.45, 7) is 10.5. The smallest absolute Gasteiger partial charge is 0.421 e. The molecule has 0 aliphatic carbocycles. The molecule has 2 aliphatic rings. The molecule has 5 atom stereocenters. The van der Waals surface area contributed by atoms with E-state index in [1.165, 1.54) is 34.9 Å². The lowest BCUT2D eigenvalue weighted by Crippen LogP contribution is -2.63. The van der Waals surface area contributed by atoms with E-state index in [2.05, 4.69) is 4.98 Å². The highest BCUT2D eigenvalue weighted by atomic mass is 32.2. The van der Waals surface area contributed by atoms with Gasteiger partial charge in [-0.15, -0.1) is 23.1 Å². The van der Waals surface area contributed by atoms with Crippen LogP contribution in [0.4, 0.5) is 4.79 Å². The van der Waals surface area contributed by atoms with Gasteiger partial charge in [0.05, 0.1) is 22.9 Å². The van der Waals surface area contributed by atoms with Gasteiger partial charge in [-0.1, -0.05) is 24.6 Å². The Morgan fingerprint density at radius 2 is 1.82 bits per heavy atom. The number of aromatic nitrogens is 2. The van der Waals surface area contributed by atoms with Crippen molar-refractivity contribution in [3.8, 4) is 5.75 Å². The van der Waals surface area contributed by atoms with E-state index in [1.807, 2.05) is 56.7 Å². The molecule has 1 fully saturated rings. The maximum Gasteiger partial charge on any atom is 0.516 e. The molecule has 2 aliphatic heterocycles. The molecule has 40 heavy (non-hydrogen) atoms. The molecule has 4 heterocycles. The number of thiazole rings is 1. The Labute approximate surface area is 239 Å². The van der Waals surface area contributed by atoms with E-state index in [0.717, 1.165) is 31.4 Å². The summed E-state index contributed by atoms with van der Waals surface area (Å²) in [5, 5.41) is 11.1. The van der Waals surface area contributed by atoms with Crippen LogP contribution in [0.25, 0.3) is 10.4 Å². The molecular formula is C28H31N3O7S2. The van der Waals surface area contributed by atoms with Crippen LogP contribution in [0.5, 0.6) is 5.75 Å². The molecular weight excluding hydrogens is 554 g/mol. The number of imidazole rings is 1. The van der Waals surface area contributed by atoms with Gasteiger partial charge >= 0.3 is 12.1 Å². The van der Waals surface area contributed by atoms with Crippen molar-refractivity contribution in [1.29, 1.82) is 0 Å². The zero-order valence-electron chi connectivity index (χ0n) is 23.3. The summed E-state index contributed by atoms with van der Waals surface area (Å²) in [7, 11) is 0. The van der Waals surface area contributed by atoms with Crippen molar-refractivity contribution in [3.05, 3.63) is 51.9 Å². The van der Waals surface area contributed by atoms with Crippen LogP contribution in [0.1, 0.15) is 42.3 Å². The highest BCUT2D eigenvalue weighted by Gasteiger charge is 2.60. The van der Waals surface area contributed by atoms with Crippen LogP contribution in [-0.4, -0.2) is 62.1 Å². The second-order valence-corrected chi connectivity index (χ2v) is 12.1. The lowest BCUT2D eigenvalue weighted by Gasteiger charge is -2.46. The van der Waals surface area contributed by atoms with E-state index < -0.39 is 36.5 Å². The van der Waals surface area contributed by atoms with Crippen LogP contribution < -0.4 is 4.74 Å². The van der Waals surface area contributed by atoms with Gasteiger partial charge in [0.2, 0.25) is 12.2 Å². The first-order valence-electron chi connectivity index (χ1n) is 12.9. The Morgan fingerprint density at radius 3 is 2.45 bits per heavy atom. The SMILES string of the molecule is CSc1ncn2cc(C3=C(C(=O)OC(C)OC(=O)Oc4c(C)cc(C)cc4C)N4C(=O)[C@H]([C@@H](C)O)[C@H]4[C@H]3C)sc12. The van der Waals surface area contributed by atoms with E-state index in [0.29, 0.717) is 11.3 Å². The molecule has 0 spiro atoms. The molecule has 10 nitrogen and oxygen atoms in total. The van der Waals surface area contributed by atoms with Crippen LogP contribution in [-0.2, 0) is 19.1 Å². The number of carbonyl (C=O) groups is 3. The average molecular weight is 586 g/mol. The summed E-state index contributed by atoms with van der Waals surface area (Å²) in [6, 6.07) is 3.39. The average Bonchev–Trinajstić information content (AvgIpc) is 3.50. The van der Waals surface area contributed by atoms with E-state index in [-0.39, 0.29) is 17.5 Å². The minimum absolute atomic E-state index is 0.0941. The topological polar surface area (TPSA) is 120 Å². The fourth-order valence-electron chi connectivity index (χ4n) is 5.73. The summed E-state index contributed by atoms with van der Waals surface area (Å²) < 4.78 is 18.1. The lowest BCUT2D eigenvalue weighted by atomic mass is 9.77. The number of β-lactam (4-membered cyclic amide) rings is 1. The number of hydrogen-bond acceptors (Lipinski definition) is 10. The molecule has 1 N–H and O–H groups in total. The number of carbonyl (C=O) groups excluding carboxylic acids is 3. The van der Waals surface area contributed by atoms with Gasteiger partial charge in [0.15, 0.2) is 0 Å². The molecule has 12 heteroatoms. The molecule has 0 bridgehead atoms. The number of fused-ring (bicyclic) bond motifs is 2. The van der Waals surface area contributed by atoms with Gasteiger partial charge in [0.25, 0.3) is 0 Å². The number of amides is 1. The third kappa shape index (κ3) is 4.67. The van der Waals surface area contributed by atoms with Crippen molar-refractivity contribution in [1.82, 2.24) is 14.3 Å². The van der Waals surface area contributed by atoms with Crippen molar-refractivity contribution >= 4 is 51.5 Å². The molecule has 3 aromatic rings. The van der Waals surface area contributed by atoms with Crippen molar-refractivity contribution in [2.24, 2.45) is 11.8 Å². The van der Waals surface area contributed by atoms with E-state index >= 15 is 0 Å². The minimum atomic E-state index is -1.29. The monoisotopic (exact) mass is 585 g/mol. The number of nitrogens with zero attached hydrogens (tertiary/aromatic N) is 3. The van der Waals surface area contributed by atoms with E-state index in [9.17, 15) is 19.5 Å². The molecule has 0 radical (unpaired) electrons. The number of benzene rings is 1. The number of rotatable bonds is 7. The Balaban J connectivity index is 1.40. The second-order valence-electron chi connectivity index (χ2n) is 10.2. The maximum absolute atomic E-state index is 13.6. The summed E-state index contributed by atoms with van der Waals surface area (Å²) in [5.41, 5.74) is 3.33. The maximum atomic E-state index is 13.6. The Hall–Kier alpha value is -3.35. The zero-order valence-corrected chi connectivity index (χ0v) is 24.9. The first kappa shape index (κ1) is 28.2. The number of aryl methyl sites for hydroxylation is 3. The first-order chi connectivity index (χ1) is 18.9. The molecule has 2 aromatic heterocycles. The van der Waals surface area contributed by atoms with E-state index in [1.54, 1.807) is 13.3 Å². The van der Waals surface area contributed by atoms with Crippen molar-refractivity contribution in [3.63, 3.8) is 0 Å². The molecule has 5 rings (SSSR count). The largest absolute Gasteiger partial charge is 0.516 e. The Kier molecular flexibility index (Phi) is 7.45. The van der Waals surface area contributed by atoms with Crippen molar-refractivity contribution in [2.45, 2.75) is 65.0 Å². The summed E-state index contributed by atoms with van der Waals surface area (Å²) in [5.74, 6) is -1.64. The quantitative estimate of drug-likeness (QED) is 0.138. The predicted molar refractivity (Wildman–Crippen MR) is 150 cm³/mol. The van der Waals surface area contributed by atoms with Gasteiger partial charge in [0.1, 0.15) is 27.6 Å². The third-order valence-corrected chi connectivity index (χ3v) is 9.29. The fourth-order valence-corrected chi connectivity index (χ4v) is 7.65. The van der Waals surface area contributed by atoms with Gasteiger partial charge in [-0.3, -0.25) is 9.20 Å². The van der Waals surface area contributed by atoms with Crippen molar-refractivity contribution < 1.29 is 33.7 Å². The zero-order chi connectivity index (χ0) is 29.0. The molecule has 0 saturated carbocycles. The van der Waals surface area contributed by atoms with E-state index in [4.69, 9.17) is 14.2 Å². The Bertz CT molecular complexity index is 1530. The lowest BCUT2D eigenvalue weighted by molar-refractivity contribution is -0.172. The van der Waals surface area contributed by atoms with Gasteiger partial charge in [-0.05, 0) is 45.1 Å². The number of ether oxygens (including phenoxy) is 3. The molecule has 212 valence electrons. The minimum Gasteiger partial charge on any atom is -0.421 e. The predicted octanol–water partition coefficient (Wildman–Crippen LogP) is 4.72. The molecule has 1 saturated heterocycles. The molecule has 1 aromatic carbocycles. The van der Waals surface area contributed by atoms with Gasteiger partial charge in [0, 0.05) is 24.6 Å². The van der Waals surface area contributed by atoms with Gasteiger partial charge in [-0.2, -0.15) is 0 Å². The Morgan fingerprint density at radius 1 is 1.15 bits per heavy atom. The van der Waals surface area contributed by atoms with Gasteiger partial charge in [-0.25, -0.2) is 14.6 Å². The number of aliphatic hydroxyl groups excluding tert-OH is 1.